The lowest BCUT2D eigenvalue weighted by atomic mass is 9.82. The molecule has 2 aromatic rings. The monoisotopic (exact) mass is 1200 g/mol. The molecule has 6 N–H and O–H groups in total. The first kappa shape index (κ1) is 68.7. The minimum Gasteiger partial charge on any atom is -0.457 e. The summed E-state index contributed by atoms with van der Waals surface area (Å²) in [6.45, 7) is 24.1. The van der Waals surface area contributed by atoms with E-state index in [1.165, 1.54) is 30.3 Å². The van der Waals surface area contributed by atoms with Crippen molar-refractivity contribution in [2.75, 3.05) is 6.54 Å². The zero-order chi connectivity index (χ0) is 63.2. The fourth-order valence-corrected chi connectivity index (χ4v) is 9.27. The molecule has 0 aromatic heterocycles. The summed E-state index contributed by atoms with van der Waals surface area (Å²) in [4.78, 5) is 111. The molecule has 0 radical (unpaired) electrons. The fraction of sp³-hybridized carbons (Fsp3) is 0.633. The molecule has 85 heavy (non-hydrogen) atoms. The van der Waals surface area contributed by atoms with Gasteiger partial charge >= 0.3 is 42.3 Å². The van der Waals surface area contributed by atoms with Crippen LogP contribution in [0, 0.1) is 0 Å². The van der Waals surface area contributed by atoms with Crippen molar-refractivity contribution in [3.63, 3.8) is 0 Å². The Bertz CT molecular complexity index is 2610. The SMILES string of the molecule is CCC[C@H](OC(=O)c1ccccc1)C(=O)N[C@@H]1C[C@H](NC(=O)OC(C)(C)C)C(O[C@H]2OC(CNC(=O)OC(C)(C)C)C=CC2NC(=O)OC(C)(C)C)C(OC(C)=O)[C@H]1O[C@H]1OC(CC)[C@@H](O)[C@H](NC(=O)OC(C)(C)C)C1OC(=O)c1ccccc1. The molecule has 1 aliphatic carbocycles. The van der Waals surface area contributed by atoms with E-state index in [9.17, 15) is 43.5 Å². The Balaban J connectivity index is 1.73. The van der Waals surface area contributed by atoms with E-state index in [-0.39, 0.29) is 36.9 Å². The standard InChI is InChI=1S/C60H87N5O20/c1-16-24-41(77-49(69)34-25-20-18-21-26-34)48(68)62-38-31-39(64-55(73)84-59(10,11)12)45(80-51-37(63-54(72)83-58(7,8)9)30-29-36(76-51)32-61-53(71)82-57(4,5)6)47(75-33(3)66)44(38)81-52-46(79-50(70)35-27-22-19-23-28-35)42(43(67)40(17-2)78-52)65-56(74)85-60(13,14)15/h18-23,25-30,36-47,51-52,67H,16-17,24,31-32H2,1-15H3,(H,61,71)(H,62,68)(H,63,72)(H,64,73)(H,65,74)/t36?,37?,38-,39+,40?,41+,42+,43-,44+,45?,46?,47?,51-,52-/m1/s1. The summed E-state index contributed by atoms with van der Waals surface area (Å²) in [6, 6.07) is 10.2. The number of rotatable bonds is 19. The summed E-state index contributed by atoms with van der Waals surface area (Å²) < 4.78 is 67.5. The predicted octanol–water partition coefficient (Wildman–Crippen LogP) is 6.81. The molecule has 2 fully saturated rings. The van der Waals surface area contributed by atoms with Gasteiger partial charge in [0.15, 0.2) is 30.9 Å². The third-order valence-corrected chi connectivity index (χ3v) is 12.6. The maximum atomic E-state index is 14.9. The summed E-state index contributed by atoms with van der Waals surface area (Å²) in [7, 11) is 0. The largest absolute Gasteiger partial charge is 0.457 e. The smallest absolute Gasteiger partial charge is 0.408 e. The molecule has 2 aliphatic heterocycles. The number of alkyl carbamates (subject to hydrolysis) is 4. The molecular formula is C60H87N5O20. The molecule has 1 saturated carbocycles. The molecule has 1 saturated heterocycles. The summed E-state index contributed by atoms with van der Waals surface area (Å²) in [5.41, 5.74) is -3.75. The number of esters is 3. The second-order valence-corrected chi connectivity index (χ2v) is 24.8. The van der Waals surface area contributed by atoms with Crippen LogP contribution in [0.15, 0.2) is 72.8 Å². The number of amides is 5. The number of carbonyl (C=O) groups excluding carboxylic acids is 8. The lowest BCUT2D eigenvalue weighted by Gasteiger charge is -2.50. The second kappa shape index (κ2) is 29.8. The zero-order valence-electron chi connectivity index (χ0n) is 51.3. The highest BCUT2D eigenvalue weighted by atomic mass is 16.7. The Labute approximate surface area is 496 Å². The highest BCUT2D eigenvalue weighted by Crippen LogP contribution is 2.36. The molecule has 14 atom stereocenters. The molecule has 5 rings (SSSR count). The second-order valence-electron chi connectivity index (χ2n) is 24.8. The highest BCUT2D eigenvalue weighted by molar-refractivity contribution is 5.92. The first-order valence-electron chi connectivity index (χ1n) is 28.6. The summed E-state index contributed by atoms with van der Waals surface area (Å²) in [5.74, 6) is -3.57. The Kier molecular flexibility index (Phi) is 24.1. The van der Waals surface area contributed by atoms with Gasteiger partial charge in [-0.1, -0.05) is 68.8 Å². The van der Waals surface area contributed by atoms with Crippen molar-refractivity contribution in [1.29, 1.82) is 0 Å². The van der Waals surface area contributed by atoms with Crippen LogP contribution in [-0.2, 0) is 61.7 Å². The molecule has 6 unspecified atom stereocenters. The van der Waals surface area contributed by atoms with Gasteiger partial charge in [0.2, 0.25) is 0 Å². The van der Waals surface area contributed by atoms with Gasteiger partial charge in [-0.05, 0) is 127 Å². The molecule has 472 valence electrons. The minimum absolute atomic E-state index is 0.0151. The predicted molar refractivity (Wildman–Crippen MR) is 305 cm³/mol. The lowest BCUT2D eigenvalue weighted by molar-refractivity contribution is -0.312. The lowest BCUT2D eigenvalue weighted by Crippen LogP contribution is -2.71. The fourth-order valence-electron chi connectivity index (χ4n) is 9.27. The number of hydrogen-bond donors (Lipinski definition) is 6. The highest BCUT2D eigenvalue weighted by Gasteiger charge is 2.56. The number of nitrogens with one attached hydrogen (secondary N) is 5. The maximum absolute atomic E-state index is 14.9. The molecule has 25 heteroatoms. The van der Waals surface area contributed by atoms with Gasteiger partial charge in [0, 0.05) is 6.92 Å². The quantitative estimate of drug-likeness (QED) is 0.0478. The van der Waals surface area contributed by atoms with Crippen LogP contribution >= 0.6 is 0 Å². The van der Waals surface area contributed by atoms with E-state index in [0.29, 0.717) is 6.42 Å². The average molecular weight is 1200 g/mol. The third kappa shape index (κ3) is 22.1. The van der Waals surface area contributed by atoms with Crippen LogP contribution in [0.2, 0.25) is 0 Å². The number of benzene rings is 2. The van der Waals surface area contributed by atoms with Crippen LogP contribution < -0.4 is 26.6 Å². The maximum Gasteiger partial charge on any atom is 0.408 e. The van der Waals surface area contributed by atoms with E-state index in [2.05, 4.69) is 26.6 Å². The molecule has 2 heterocycles. The van der Waals surface area contributed by atoms with Crippen molar-refractivity contribution in [2.24, 2.45) is 0 Å². The summed E-state index contributed by atoms with van der Waals surface area (Å²) in [5, 5.41) is 25.8. The van der Waals surface area contributed by atoms with Crippen molar-refractivity contribution >= 4 is 48.2 Å². The van der Waals surface area contributed by atoms with E-state index in [0.717, 1.165) is 6.92 Å². The van der Waals surface area contributed by atoms with Crippen molar-refractivity contribution < 1.29 is 95.6 Å². The van der Waals surface area contributed by atoms with E-state index in [1.807, 2.05) is 0 Å². The third-order valence-electron chi connectivity index (χ3n) is 12.6. The summed E-state index contributed by atoms with van der Waals surface area (Å²) >= 11 is 0. The van der Waals surface area contributed by atoms with Gasteiger partial charge in [-0.25, -0.2) is 28.8 Å². The molecule has 0 bridgehead atoms. The van der Waals surface area contributed by atoms with E-state index in [4.69, 9.17) is 52.1 Å². The number of carbonyl (C=O) groups is 8. The van der Waals surface area contributed by atoms with Gasteiger partial charge in [-0.15, -0.1) is 0 Å². The Morgan fingerprint density at radius 2 is 1.07 bits per heavy atom. The Hall–Kier alpha value is -7.06. The number of aliphatic hydroxyl groups is 1. The molecule has 5 amide bonds. The van der Waals surface area contributed by atoms with Gasteiger partial charge in [0.05, 0.1) is 42.0 Å². The van der Waals surface area contributed by atoms with Gasteiger partial charge < -0.3 is 83.8 Å². The first-order chi connectivity index (χ1) is 39.6. The van der Waals surface area contributed by atoms with Gasteiger partial charge in [-0.3, -0.25) is 9.59 Å². The van der Waals surface area contributed by atoms with Crippen LogP contribution in [0.5, 0.6) is 0 Å². The number of aliphatic hydroxyl groups excluding tert-OH is 1. The zero-order valence-corrected chi connectivity index (χ0v) is 51.3. The normalized spacial score (nSPS) is 26.4. The van der Waals surface area contributed by atoms with Crippen LogP contribution in [0.1, 0.15) is 150 Å². The molecule has 25 nitrogen and oxygen atoms in total. The Morgan fingerprint density at radius 3 is 1.59 bits per heavy atom. The van der Waals surface area contributed by atoms with Crippen LogP contribution in [0.4, 0.5) is 19.2 Å². The van der Waals surface area contributed by atoms with Crippen LogP contribution in [0.3, 0.4) is 0 Å². The van der Waals surface area contributed by atoms with Gasteiger partial charge in [0.25, 0.3) is 5.91 Å². The van der Waals surface area contributed by atoms with E-state index in [1.54, 1.807) is 139 Å². The van der Waals surface area contributed by atoms with Gasteiger partial charge in [0.1, 0.15) is 52.8 Å². The van der Waals surface area contributed by atoms with Crippen molar-refractivity contribution in [3.8, 4) is 0 Å². The molecule has 2 aromatic carbocycles. The Morgan fingerprint density at radius 1 is 0.576 bits per heavy atom. The van der Waals surface area contributed by atoms with Crippen molar-refractivity contribution in [1.82, 2.24) is 26.6 Å². The van der Waals surface area contributed by atoms with Crippen LogP contribution in [0.25, 0.3) is 0 Å². The first-order valence-corrected chi connectivity index (χ1v) is 28.6. The topological polar surface area (TPSA) is 318 Å². The summed E-state index contributed by atoms with van der Waals surface area (Å²) in [6.07, 6.45) is -16.1. The molecule has 0 spiro atoms. The molecular weight excluding hydrogens is 1110 g/mol. The molecule has 3 aliphatic rings. The van der Waals surface area contributed by atoms with E-state index < -0.39 is 156 Å². The van der Waals surface area contributed by atoms with Gasteiger partial charge in [-0.2, -0.15) is 0 Å². The van der Waals surface area contributed by atoms with Crippen molar-refractivity contribution in [2.45, 2.75) is 238 Å². The van der Waals surface area contributed by atoms with Crippen molar-refractivity contribution in [3.05, 3.63) is 83.9 Å². The number of hydrogen-bond acceptors (Lipinski definition) is 20. The average Bonchev–Trinajstić information content (AvgIpc) is 1.93. The van der Waals surface area contributed by atoms with Crippen LogP contribution in [-0.4, -0.2) is 168 Å². The minimum atomic E-state index is -1.83. The number of ether oxygens (including phenoxy) is 11. The van der Waals surface area contributed by atoms with E-state index >= 15 is 0 Å².